The highest BCUT2D eigenvalue weighted by Gasteiger charge is 2.25. The van der Waals surface area contributed by atoms with Crippen molar-refractivity contribution in [3.63, 3.8) is 0 Å². The highest BCUT2D eigenvalue weighted by Crippen LogP contribution is 2.22. The van der Waals surface area contributed by atoms with Gasteiger partial charge >= 0.3 is 5.97 Å². The lowest BCUT2D eigenvalue weighted by Gasteiger charge is -2.20. The summed E-state index contributed by atoms with van der Waals surface area (Å²) in [6.07, 6.45) is 0. The van der Waals surface area contributed by atoms with Crippen molar-refractivity contribution in [2.24, 2.45) is 0 Å². The van der Waals surface area contributed by atoms with Gasteiger partial charge in [0.15, 0.2) is 0 Å². The summed E-state index contributed by atoms with van der Waals surface area (Å²) in [5, 5.41) is 2.96. The standard InChI is InChI=1S/C18H23FN2O5S/c1-11-14(17(22)25-5)9-13(26-11)10-20-12-6-7-15(19)16(8-12)27(23,24)21-18(2,3)4/h6-9,20-21H,10H2,1-5H3. The summed E-state index contributed by atoms with van der Waals surface area (Å²) in [7, 11) is -2.74. The van der Waals surface area contributed by atoms with E-state index < -0.39 is 32.2 Å². The first-order valence-electron chi connectivity index (χ1n) is 8.18. The van der Waals surface area contributed by atoms with Crippen LogP contribution in [0.1, 0.15) is 42.6 Å². The van der Waals surface area contributed by atoms with Crippen molar-refractivity contribution in [2.75, 3.05) is 12.4 Å². The van der Waals surface area contributed by atoms with Gasteiger partial charge in [0.05, 0.1) is 13.7 Å². The smallest absolute Gasteiger partial charge is 0.341 e. The van der Waals surface area contributed by atoms with Crippen LogP contribution >= 0.6 is 0 Å². The predicted octanol–water partition coefficient (Wildman–Crippen LogP) is 3.20. The van der Waals surface area contributed by atoms with Crippen LogP contribution in [0.15, 0.2) is 33.6 Å². The van der Waals surface area contributed by atoms with Crippen LogP contribution in [0, 0.1) is 12.7 Å². The van der Waals surface area contributed by atoms with Crippen LogP contribution in [0.3, 0.4) is 0 Å². The Bertz CT molecular complexity index is 945. The van der Waals surface area contributed by atoms with Crippen LogP contribution in [0.5, 0.6) is 0 Å². The molecule has 0 unspecified atom stereocenters. The van der Waals surface area contributed by atoms with Gasteiger partial charge in [0.2, 0.25) is 10.0 Å². The molecule has 1 heterocycles. The van der Waals surface area contributed by atoms with Gasteiger partial charge in [-0.2, -0.15) is 0 Å². The molecule has 0 aliphatic heterocycles. The van der Waals surface area contributed by atoms with Crippen LogP contribution in [-0.4, -0.2) is 27.0 Å². The maximum atomic E-state index is 14.1. The van der Waals surface area contributed by atoms with E-state index in [1.54, 1.807) is 27.7 Å². The first kappa shape index (κ1) is 20.9. The molecule has 1 aromatic heterocycles. The normalized spacial score (nSPS) is 12.1. The first-order valence-corrected chi connectivity index (χ1v) is 9.66. The minimum Gasteiger partial charge on any atom is -0.465 e. The third-order valence-electron chi connectivity index (χ3n) is 3.50. The van der Waals surface area contributed by atoms with Crippen LogP contribution < -0.4 is 10.0 Å². The fraction of sp³-hybridized carbons (Fsp3) is 0.389. The number of methoxy groups -OCH3 is 1. The summed E-state index contributed by atoms with van der Waals surface area (Å²) in [6, 6.07) is 5.24. The molecule has 2 N–H and O–H groups in total. The van der Waals surface area contributed by atoms with Crippen LogP contribution in [0.25, 0.3) is 0 Å². The van der Waals surface area contributed by atoms with Gasteiger partial charge in [-0.3, -0.25) is 0 Å². The van der Waals surface area contributed by atoms with Gasteiger partial charge in [0.1, 0.15) is 27.8 Å². The average Bonchev–Trinajstić information content (AvgIpc) is 2.92. The second-order valence-electron chi connectivity index (χ2n) is 7.03. The van der Waals surface area contributed by atoms with Gasteiger partial charge in [-0.15, -0.1) is 0 Å². The molecule has 0 atom stereocenters. The minimum atomic E-state index is -4.02. The molecule has 9 heteroatoms. The lowest BCUT2D eigenvalue weighted by Crippen LogP contribution is -2.40. The number of halogens is 1. The number of aryl methyl sites for hydroxylation is 1. The molecule has 2 aromatic rings. The van der Waals surface area contributed by atoms with Crippen molar-refractivity contribution in [3.05, 3.63) is 47.2 Å². The highest BCUT2D eigenvalue weighted by atomic mass is 32.2. The summed E-state index contributed by atoms with van der Waals surface area (Å²) >= 11 is 0. The van der Waals surface area contributed by atoms with E-state index in [1.807, 2.05) is 0 Å². The molecule has 1 aromatic carbocycles. The van der Waals surface area contributed by atoms with E-state index in [0.717, 1.165) is 6.07 Å². The summed E-state index contributed by atoms with van der Waals surface area (Å²) in [6.45, 7) is 6.82. The topological polar surface area (TPSA) is 97.6 Å². The number of esters is 1. The maximum absolute atomic E-state index is 14.1. The molecule has 0 saturated carbocycles. The molecule has 0 amide bonds. The Hall–Kier alpha value is -2.39. The lowest BCUT2D eigenvalue weighted by molar-refractivity contribution is 0.0598. The Labute approximate surface area is 158 Å². The van der Waals surface area contributed by atoms with Crippen molar-refractivity contribution < 1.29 is 26.8 Å². The Morgan fingerprint density at radius 1 is 1.26 bits per heavy atom. The summed E-state index contributed by atoms with van der Waals surface area (Å²) < 4.78 is 51.4. The Morgan fingerprint density at radius 2 is 1.93 bits per heavy atom. The van der Waals surface area contributed by atoms with Crippen molar-refractivity contribution >= 4 is 21.7 Å². The molecule has 7 nitrogen and oxygen atoms in total. The van der Waals surface area contributed by atoms with Gasteiger partial charge in [0.25, 0.3) is 0 Å². The molecule has 0 radical (unpaired) electrons. The number of sulfonamides is 1. The number of ether oxygens (including phenoxy) is 1. The number of furan rings is 1. The molecule has 0 fully saturated rings. The zero-order chi connectivity index (χ0) is 20.4. The first-order chi connectivity index (χ1) is 12.4. The largest absolute Gasteiger partial charge is 0.465 e. The Morgan fingerprint density at radius 3 is 2.52 bits per heavy atom. The predicted molar refractivity (Wildman–Crippen MR) is 98.6 cm³/mol. The molecular weight excluding hydrogens is 375 g/mol. The molecular formula is C18H23FN2O5S. The lowest BCUT2D eigenvalue weighted by atomic mass is 10.1. The second-order valence-corrected chi connectivity index (χ2v) is 8.68. The number of hydrogen-bond acceptors (Lipinski definition) is 6. The van der Waals surface area contributed by atoms with Crippen molar-refractivity contribution in [3.8, 4) is 0 Å². The molecule has 27 heavy (non-hydrogen) atoms. The number of benzene rings is 1. The molecule has 0 bridgehead atoms. The third kappa shape index (κ3) is 5.30. The maximum Gasteiger partial charge on any atom is 0.341 e. The van der Waals surface area contributed by atoms with Gasteiger partial charge in [-0.05, 0) is 52.0 Å². The number of rotatable bonds is 6. The van der Waals surface area contributed by atoms with Gasteiger partial charge < -0.3 is 14.5 Å². The van der Waals surface area contributed by atoms with Crippen LogP contribution in [0.4, 0.5) is 10.1 Å². The average molecular weight is 398 g/mol. The van der Waals surface area contributed by atoms with E-state index >= 15 is 0 Å². The number of nitrogens with one attached hydrogen (secondary N) is 2. The Kier molecular flexibility index (Phi) is 5.96. The molecule has 0 saturated heterocycles. The molecule has 0 aliphatic rings. The zero-order valence-corrected chi connectivity index (χ0v) is 16.7. The van der Waals surface area contributed by atoms with E-state index in [4.69, 9.17) is 4.42 Å². The van der Waals surface area contributed by atoms with E-state index in [2.05, 4.69) is 14.8 Å². The van der Waals surface area contributed by atoms with Crippen LogP contribution in [-0.2, 0) is 21.3 Å². The number of carbonyl (C=O) groups is 1. The Balaban J connectivity index is 2.21. The van der Waals surface area contributed by atoms with Crippen LogP contribution in [0.2, 0.25) is 0 Å². The summed E-state index contributed by atoms with van der Waals surface area (Å²) in [4.78, 5) is 11.2. The minimum absolute atomic E-state index is 0.176. The molecule has 148 valence electrons. The monoisotopic (exact) mass is 398 g/mol. The van der Waals surface area contributed by atoms with Gasteiger partial charge in [0, 0.05) is 11.2 Å². The van der Waals surface area contributed by atoms with Gasteiger partial charge in [-0.1, -0.05) is 0 Å². The van der Waals surface area contributed by atoms with E-state index in [-0.39, 0.29) is 6.54 Å². The van der Waals surface area contributed by atoms with Crippen molar-refractivity contribution in [1.29, 1.82) is 0 Å². The highest BCUT2D eigenvalue weighted by molar-refractivity contribution is 7.89. The van der Waals surface area contributed by atoms with E-state index in [0.29, 0.717) is 22.8 Å². The SMILES string of the molecule is COC(=O)c1cc(CNc2ccc(F)c(S(=O)(=O)NC(C)(C)C)c2)oc1C. The third-order valence-corrected chi connectivity index (χ3v) is 5.28. The fourth-order valence-electron chi connectivity index (χ4n) is 2.41. The molecule has 0 spiro atoms. The summed E-state index contributed by atoms with van der Waals surface area (Å²) in [5.41, 5.74) is -0.0459. The number of hydrogen-bond donors (Lipinski definition) is 2. The van der Waals surface area contributed by atoms with Crippen molar-refractivity contribution in [2.45, 2.75) is 44.7 Å². The zero-order valence-electron chi connectivity index (χ0n) is 15.8. The quantitative estimate of drug-likeness (QED) is 0.725. The number of carbonyl (C=O) groups excluding carboxylic acids is 1. The number of anilines is 1. The molecule has 0 aliphatic carbocycles. The van der Waals surface area contributed by atoms with Gasteiger partial charge in [-0.25, -0.2) is 22.3 Å². The fourth-order valence-corrected chi connectivity index (χ4v) is 3.93. The molecule has 2 rings (SSSR count). The van der Waals surface area contributed by atoms with E-state index in [1.165, 1.54) is 25.3 Å². The summed E-state index contributed by atoms with van der Waals surface area (Å²) in [5.74, 6) is -0.491. The van der Waals surface area contributed by atoms with Crippen molar-refractivity contribution in [1.82, 2.24) is 4.72 Å². The van der Waals surface area contributed by atoms with E-state index in [9.17, 15) is 17.6 Å². The second kappa shape index (κ2) is 7.69.